The average molecular weight is 253 g/mol. The van der Waals surface area contributed by atoms with Crippen LogP contribution in [0.3, 0.4) is 0 Å². The number of nitrogens with one attached hydrogen (secondary N) is 1. The lowest BCUT2D eigenvalue weighted by molar-refractivity contribution is 0.0973. The number of imidazole rings is 1. The zero-order chi connectivity index (χ0) is 13.0. The molecule has 2 atom stereocenters. The van der Waals surface area contributed by atoms with E-state index in [2.05, 4.69) is 28.0 Å². The number of aryl methyl sites for hydroxylation is 1. The van der Waals surface area contributed by atoms with Crippen molar-refractivity contribution in [2.24, 2.45) is 0 Å². The maximum atomic E-state index is 5.67. The van der Waals surface area contributed by atoms with E-state index in [-0.39, 0.29) is 6.04 Å². The van der Waals surface area contributed by atoms with Crippen molar-refractivity contribution in [1.29, 1.82) is 0 Å². The number of ether oxygens (including phenoxy) is 2. The number of hydrogen-bond donors (Lipinski definition) is 1. The van der Waals surface area contributed by atoms with Gasteiger partial charge < -0.3 is 19.4 Å². The molecule has 5 heteroatoms. The maximum absolute atomic E-state index is 5.67. The summed E-state index contributed by atoms with van der Waals surface area (Å²) in [7, 11) is 1.71. The molecule has 1 aliphatic heterocycles. The fourth-order valence-electron chi connectivity index (χ4n) is 2.32. The fourth-order valence-corrected chi connectivity index (χ4v) is 2.32. The number of methoxy groups -OCH3 is 1. The van der Waals surface area contributed by atoms with E-state index in [9.17, 15) is 0 Å². The van der Waals surface area contributed by atoms with Crippen molar-refractivity contribution >= 4 is 5.95 Å². The second-order valence-corrected chi connectivity index (χ2v) is 4.99. The highest BCUT2D eigenvalue weighted by molar-refractivity contribution is 5.30. The largest absolute Gasteiger partial charge is 0.383 e. The van der Waals surface area contributed by atoms with Crippen molar-refractivity contribution in [2.75, 3.05) is 25.6 Å². The molecule has 0 radical (unpaired) electrons. The third-order valence-corrected chi connectivity index (χ3v) is 3.11. The molecule has 102 valence electrons. The third kappa shape index (κ3) is 3.46. The summed E-state index contributed by atoms with van der Waals surface area (Å²) >= 11 is 0. The minimum atomic E-state index is 0.250. The van der Waals surface area contributed by atoms with Crippen LogP contribution in [0.15, 0.2) is 6.20 Å². The molecule has 0 aliphatic carbocycles. The van der Waals surface area contributed by atoms with Gasteiger partial charge in [0, 0.05) is 26.0 Å². The lowest BCUT2D eigenvalue weighted by Gasteiger charge is -2.17. The molecule has 2 rings (SSSR count). The predicted octanol–water partition coefficient (Wildman–Crippen LogP) is 1.82. The van der Waals surface area contributed by atoms with Gasteiger partial charge in [-0.05, 0) is 26.7 Å². The Kier molecular flexibility index (Phi) is 4.60. The van der Waals surface area contributed by atoms with Gasteiger partial charge in [0.1, 0.15) is 0 Å². The van der Waals surface area contributed by atoms with Crippen LogP contribution in [0, 0.1) is 6.92 Å². The molecular weight excluding hydrogens is 230 g/mol. The molecule has 1 aliphatic rings. The summed E-state index contributed by atoms with van der Waals surface area (Å²) < 4.78 is 13.0. The highest BCUT2D eigenvalue weighted by atomic mass is 16.5. The van der Waals surface area contributed by atoms with Gasteiger partial charge in [-0.3, -0.25) is 0 Å². The Bertz CT molecular complexity index is 372. The molecule has 1 saturated heterocycles. The zero-order valence-electron chi connectivity index (χ0n) is 11.5. The molecular formula is C13H23N3O2. The average Bonchev–Trinajstić information content (AvgIpc) is 2.90. The van der Waals surface area contributed by atoms with Gasteiger partial charge in [0.2, 0.25) is 5.95 Å². The molecule has 0 bridgehead atoms. The third-order valence-electron chi connectivity index (χ3n) is 3.11. The Hall–Kier alpha value is -1.07. The minimum Gasteiger partial charge on any atom is -0.383 e. The van der Waals surface area contributed by atoms with Gasteiger partial charge in [-0.2, -0.15) is 0 Å². The van der Waals surface area contributed by atoms with Crippen molar-refractivity contribution in [3.05, 3.63) is 11.9 Å². The normalized spacial score (nSPS) is 21.2. The van der Waals surface area contributed by atoms with Crippen LogP contribution in [0.25, 0.3) is 0 Å². The highest BCUT2D eigenvalue weighted by Gasteiger charge is 2.18. The monoisotopic (exact) mass is 253 g/mol. The highest BCUT2D eigenvalue weighted by Crippen LogP contribution is 2.17. The van der Waals surface area contributed by atoms with E-state index in [1.807, 2.05) is 6.92 Å². The number of anilines is 1. The molecule has 1 N–H and O–H groups in total. The SMILES string of the molecule is COCC(C)Nc1nc(C)cn1CC1CCCO1. The van der Waals surface area contributed by atoms with Crippen LogP contribution < -0.4 is 5.32 Å². The van der Waals surface area contributed by atoms with Gasteiger partial charge in [-0.25, -0.2) is 4.98 Å². The first-order chi connectivity index (χ1) is 8.69. The Morgan fingerprint density at radius 1 is 1.67 bits per heavy atom. The summed E-state index contributed by atoms with van der Waals surface area (Å²) in [5.41, 5.74) is 1.03. The van der Waals surface area contributed by atoms with Gasteiger partial charge in [0.25, 0.3) is 0 Å². The molecule has 2 heterocycles. The van der Waals surface area contributed by atoms with Crippen LogP contribution in [0.1, 0.15) is 25.5 Å². The number of rotatable bonds is 6. The summed E-state index contributed by atoms with van der Waals surface area (Å²) in [6.45, 7) is 6.54. The first-order valence-electron chi connectivity index (χ1n) is 6.60. The van der Waals surface area contributed by atoms with E-state index in [1.165, 1.54) is 6.42 Å². The molecule has 1 aromatic rings. The summed E-state index contributed by atoms with van der Waals surface area (Å²) in [6, 6.07) is 0.250. The van der Waals surface area contributed by atoms with Crippen molar-refractivity contribution < 1.29 is 9.47 Å². The molecule has 1 aromatic heterocycles. The molecule has 5 nitrogen and oxygen atoms in total. The molecule has 0 amide bonds. The van der Waals surface area contributed by atoms with Crippen LogP contribution in [0.2, 0.25) is 0 Å². The van der Waals surface area contributed by atoms with Gasteiger partial charge >= 0.3 is 0 Å². The molecule has 0 saturated carbocycles. The van der Waals surface area contributed by atoms with Crippen molar-refractivity contribution in [3.63, 3.8) is 0 Å². The lowest BCUT2D eigenvalue weighted by atomic mass is 10.2. The summed E-state index contributed by atoms with van der Waals surface area (Å²) in [6.07, 6.45) is 4.71. The standard InChI is InChI=1S/C13H23N3O2/c1-10-7-16(8-12-5-4-6-18-12)13(14-10)15-11(2)9-17-3/h7,11-12H,4-6,8-9H2,1-3H3,(H,14,15). The second kappa shape index (κ2) is 6.20. The Morgan fingerprint density at radius 3 is 3.17 bits per heavy atom. The Morgan fingerprint density at radius 2 is 2.50 bits per heavy atom. The number of aromatic nitrogens is 2. The Labute approximate surface area is 108 Å². The van der Waals surface area contributed by atoms with Gasteiger partial charge in [0.05, 0.1) is 24.9 Å². The van der Waals surface area contributed by atoms with Crippen LogP contribution in [0.4, 0.5) is 5.95 Å². The maximum Gasteiger partial charge on any atom is 0.203 e. The van der Waals surface area contributed by atoms with Crippen molar-refractivity contribution in [3.8, 4) is 0 Å². The molecule has 0 spiro atoms. The smallest absolute Gasteiger partial charge is 0.203 e. The van der Waals surface area contributed by atoms with E-state index >= 15 is 0 Å². The first kappa shape index (κ1) is 13.4. The Balaban J connectivity index is 1.99. The van der Waals surface area contributed by atoms with Crippen LogP contribution in [-0.4, -0.2) is 42.0 Å². The zero-order valence-corrected chi connectivity index (χ0v) is 11.5. The van der Waals surface area contributed by atoms with Crippen LogP contribution in [-0.2, 0) is 16.0 Å². The second-order valence-electron chi connectivity index (χ2n) is 4.99. The summed E-state index contributed by atoms with van der Waals surface area (Å²) in [5, 5.41) is 3.38. The van der Waals surface area contributed by atoms with E-state index in [0.717, 1.165) is 31.2 Å². The lowest BCUT2D eigenvalue weighted by Crippen LogP contribution is -2.24. The van der Waals surface area contributed by atoms with Crippen LogP contribution in [0.5, 0.6) is 0 Å². The quantitative estimate of drug-likeness (QED) is 0.840. The first-order valence-corrected chi connectivity index (χ1v) is 6.60. The van der Waals surface area contributed by atoms with E-state index < -0.39 is 0 Å². The van der Waals surface area contributed by atoms with Crippen molar-refractivity contribution in [2.45, 2.75) is 45.4 Å². The van der Waals surface area contributed by atoms with E-state index in [4.69, 9.17) is 9.47 Å². The molecule has 18 heavy (non-hydrogen) atoms. The fraction of sp³-hybridized carbons (Fsp3) is 0.769. The van der Waals surface area contributed by atoms with E-state index in [0.29, 0.717) is 12.7 Å². The van der Waals surface area contributed by atoms with Crippen molar-refractivity contribution in [1.82, 2.24) is 9.55 Å². The minimum absolute atomic E-state index is 0.250. The number of hydrogen-bond acceptors (Lipinski definition) is 4. The van der Waals surface area contributed by atoms with Gasteiger partial charge in [-0.1, -0.05) is 0 Å². The van der Waals surface area contributed by atoms with E-state index in [1.54, 1.807) is 7.11 Å². The summed E-state index contributed by atoms with van der Waals surface area (Å²) in [4.78, 5) is 4.52. The molecule has 2 unspecified atom stereocenters. The topological polar surface area (TPSA) is 48.3 Å². The van der Waals surface area contributed by atoms with Crippen LogP contribution >= 0.6 is 0 Å². The number of nitrogens with zero attached hydrogens (tertiary/aromatic N) is 2. The predicted molar refractivity (Wildman–Crippen MR) is 70.9 cm³/mol. The molecule has 0 aromatic carbocycles. The molecule has 1 fully saturated rings. The van der Waals surface area contributed by atoms with Gasteiger partial charge in [-0.15, -0.1) is 0 Å². The summed E-state index contributed by atoms with van der Waals surface area (Å²) in [5.74, 6) is 0.910. The van der Waals surface area contributed by atoms with Gasteiger partial charge in [0.15, 0.2) is 0 Å².